The minimum absolute atomic E-state index is 0.582. The highest BCUT2D eigenvalue weighted by Crippen LogP contribution is 2.38. The zero-order valence-corrected chi connectivity index (χ0v) is 10.2. The summed E-state index contributed by atoms with van der Waals surface area (Å²) in [6, 6.07) is 3.92. The molecule has 0 saturated heterocycles. The van der Waals surface area contributed by atoms with Crippen molar-refractivity contribution in [3.63, 3.8) is 0 Å². The van der Waals surface area contributed by atoms with Gasteiger partial charge in [0.05, 0.1) is 14.2 Å². The Kier molecular flexibility index (Phi) is 3.38. The van der Waals surface area contributed by atoms with Gasteiger partial charge >= 0.3 is 0 Å². The van der Waals surface area contributed by atoms with Crippen LogP contribution in [0.3, 0.4) is 0 Å². The van der Waals surface area contributed by atoms with Gasteiger partial charge in [0.15, 0.2) is 11.5 Å². The number of methoxy groups -OCH3 is 2. The lowest BCUT2D eigenvalue weighted by Crippen LogP contribution is -1.93. The first-order valence-electron chi connectivity index (χ1n) is 5.49. The number of rotatable bonds is 4. The Bertz CT molecular complexity index is 461. The summed E-state index contributed by atoms with van der Waals surface area (Å²) in [5.41, 5.74) is 2.20. The Morgan fingerprint density at radius 3 is 2.65 bits per heavy atom. The molecule has 1 aliphatic heterocycles. The van der Waals surface area contributed by atoms with E-state index in [1.54, 1.807) is 14.2 Å². The number of benzene rings is 1. The molecule has 1 aromatic carbocycles. The highest BCUT2D eigenvalue weighted by atomic mass is 16.5. The molecular weight excluding hydrogens is 216 g/mol. The molecule has 0 unspecified atom stereocenters. The van der Waals surface area contributed by atoms with E-state index in [2.05, 4.69) is 6.58 Å². The molecule has 3 nitrogen and oxygen atoms in total. The van der Waals surface area contributed by atoms with E-state index in [0.29, 0.717) is 6.61 Å². The van der Waals surface area contributed by atoms with Crippen LogP contribution in [0.4, 0.5) is 0 Å². The summed E-state index contributed by atoms with van der Waals surface area (Å²) in [6.45, 7) is 4.28. The second-order valence-electron chi connectivity index (χ2n) is 3.75. The summed E-state index contributed by atoms with van der Waals surface area (Å²) >= 11 is 0. The SMILES string of the molecule is C=CC/C=C1\OCc2cc(OC)c(OC)cc21. The van der Waals surface area contributed by atoms with Crippen molar-refractivity contribution >= 4 is 5.76 Å². The third kappa shape index (κ3) is 2.13. The van der Waals surface area contributed by atoms with Crippen LogP contribution in [0, 0.1) is 0 Å². The topological polar surface area (TPSA) is 27.7 Å². The first-order chi connectivity index (χ1) is 8.30. The summed E-state index contributed by atoms with van der Waals surface area (Å²) in [6.07, 6.45) is 4.66. The van der Waals surface area contributed by atoms with Crippen LogP contribution in [-0.2, 0) is 11.3 Å². The van der Waals surface area contributed by atoms with Crippen LogP contribution in [0.5, 0.6) is 11.5 Å². The molecule has 0 saturated carbocycles. The third-order valence-corrected chi connectivity index (χ3v) is 2.73. The van der Waals surface area contributed by atoms with E-state index < -0.39 is 0 Å². The van der Waals surface area contributed by atoms with Crippen LogP contribution < -0.4 is 9.47 Å². The van der Waals surface area contributed by atoms with E-state index in [1.165, 1.54) is 0 Å². The fraction of sp³-hybridized carbons (Fsp3) is 0.286. The predicted octanol–water partition coefficient (Wildman–Crippen LogP) is 3.15. The van der Waals surface area contributed by atoms with Crippen LogP contribution in [0.1, 0.15) is 17.5 Å². The molecule has 17 heavy (non-hydrogen) atoms. The maximum atomic E-state index is 5.63. The molecule has 1 aliphatic rings. The van der Waals surface area contributed by atoms with Gasteiger partial charge in [-0.2, -0.15) is 0 Å². The molecule has 0 aliphatic carbocycles. The Balaban J connectivity index is 2.42. The van der Waals surface area contributed by atoms with Crippen LogP contribution in [0.2, 0.25) is 0 Å². The molecule has 0 atom stereocenters. The van der Waals surface area contributed by atoms with Gasteiger partial charge in [-0.15, -0.1) is 6.58 Å². The minimum atomic E-state index is 0.582. The van der Waals surface area contributed by atoms with Crippen molar-refractivity contribution in [1.82, 2.24) is 0 Å². The standard InChI is InChI=1S/C14H16O3/c1-4-5-6-12-11-8-14(16-3)13(15-2)7-10(11)9-17-12/h4,6-8H,1,5,9H2,2-3H3/b12-6-. The van der Waals surface area contributed by atoms with Gasteiger partial charge in [0, 0.05) is 11.1 Å². The maximum absolute atomic E-state index is 5.63. The number of hydrogen-bond donors (Lipinski definition) is 0. The Labute approximate surface area is 101 Å². The molecule has 3 heteroatoms. The average molecular weight is 232 g/mol. The quantitative estimate of drug-likeness (QED) is 0.746. The average Bonchev–Trinajstić information content (AvgIpc) is 2.76. The van der Waals surface area contributed by atoms with Gasteiger partial charge in [0.2, 0.25) is 0 Å². The van der Waals surface area contributed by atoms with Gasteiger partial charge in [-0.05, 0) is 24.6 Å². The summed E-state index contributed by atoms with van der Waals surface area (Å²) in [5, 5.41) is 0. The zero-order valence-electron chi connectivity index (χ0n) is 10.2. The van der Waals surface area contributed by atoms with Gasteiger partial charge in [-0.3, -0.25) is 0 Å². The van der Waals surface area contributed by atoms with Gasteiger partial charge in [0.25, 0.3) is 0 Å². The molecule has 0 bridgehead atoms. The van der Waals surface area contributed by atoms with E-state index in [4.69, 9.17) is 14.2 Å². The summed E-state index contributed by atoms with van der Waals surface area (Å²) in [4.78, 5) is 0. The van der Waals surface area contributed by atoms with Gasteiger partial charge in [-0.25, -0.2) is 0 Å². The lowest BCUT2D eigenvalue weighted by Gasteiger charge is -2.09. The van der Waals surface area contributed by atoms with Crippen molar-refractivity contribution in [2.45, 2.75) is 13.0 Å². The second kappa shape index (κ2) is 4.95. The van der Waals surface area contributed by atoms with Crippen LogP contribution in [-0.4, -0.2) is 14.2 Å². The Morgan fingerprint density at radius 1 is 1.29 bits per heavy atom. The van der Waals surface area contributed by atoms with E-state index in [0.717, 1.165) is 34.8 Å². The van der Waals surface area contributed by atoms with Crippen molar-refractivity contribution in [1.29, 1.82) is 0 Å². The molecule has 2 rings (SSSR count). The summed E-state index contributed by atoms with van der Waals surface area (Å²) in [7, 11) is 3.27. The monoisotopic (exact) mass is 232 g/mol. The molecule has 90 valence electrons. The van der Waals surface area contributed by atoms with Crippen molar-refractivity contribution < 1.29 is 14.2 Å². The minimum Gasteiger partial charge on any atom is -0.493 e. The Morgan fingerprint density at radius 2 is 2.00 bits per heavy atom. The zero-order chi connectivity index (χ0) is 12.3. The van der Waals surface area contributed by atoms with Crippen molar-refractivity contribution in [3.05, 3.63) is 42.0 Å². The molecule has 1 heterocycles. The van der Waals surface area contributed by atoms with Crippen molar-refractivity contribution in [3.8, 4) is 11.5 Å². The van der Waals surface area contributed by atoms with Gasteiger partial charge in [0.1, 0.15) is 12.4 Å². The number of ether oxygens (including phenoxy) is 3. The van der Waals surface area contributed by atoms with Gasteiger partial charge < -0.3 is 14.2 Å². The molecule has 0 radical (unpaired) electrons. The van der Waals surface area contributed by atoms with Crippen LogP contribution in [0.25, 0.3) is 5.76 Å². The van der Waals surface area contributed by atoms with Gasteiger partial charge in [-0.1, -0.05) is 6.08 Å². The third-order valence-electron chi connectivity index (χ3n) is 2.73. The normalized spacial score (nSPS) is 15.3. The fourth-order valence-electron chi connectivity index (χ4n) is 1.86. The smallest absolute Gasteiger partial charge is 0.161 e. The highest BCUT2D eigenvalue weighted by Gasteiger charge is 2.20. The number of hydrogen-bond acceptors (Lipinski definition) is 3. The highest BCUT2D eigenvalue weighted by molar-refractivity contribution is 5.69. The molecule has 0 spiro atoms. The van der Waals surface area contributed by atoms with Crippen LogP contribution in [0.15, 0.2) is 30.9 Å². The van der Waals surface area contributed by atoms with E-state index in [-0.39, 0.29) is 0 Å². The maximum Gasteiger partial charge on any atom is 0.161 e. The summed E-state index contributed by atoms with van der Waals surface area (Å²) < 4.78 is 16.2. The van der Waals surface area contributed by atoms with E-state index in [1.807, 2.05) is 24.3 Å². The molecule has 0 N–H and O–H groups in total. The van der Waals surface area contributed by atoms with Crippen molar-refractivity contribution in [2.75, 3.05) is 14.2 Å². The molecule has 0 amide bonds. The lowest BCUT2D eigenvalue weighted by atomic mass is 10.1. The second-order valence-corrected chi connectivity index (χ2v) is 3.75. The van der Waals surface area contributed by atoms with E-state index >= 15 is 0 Å². The van der Waals surface area contributed by atoms with Crippen LogP contribution >= 0.6 is 0 Å². The van der Waals surface area contributed by atoms with E-state index in [9.17, 15) is 0 Å². The Hall–Kier alpha value is -1.90. The molecule has 0 aromatic heterocycles. The molecular formula is C14H16O3. The largest absolute Gasteiger partial charge is 0.493 e. The summed E-state index contributed by atoms with van der Waals surface area (Å²) in [5.74, 6) is 2.35. The first-order valence-corrected chi connectivity index (χ1v) is 5.49. The first kappa shape index (κ1) is 11.6. The molecule has 0 fully saturated rings. The number of fused-ring (bicyclic) bond motifs is 1. The fourth-order valence-corrected chi connectivity index (χ4v) is 1.86. The molecule has 1 aromatic rings. The van der Waals surface area contributed by atoms with Crippen molar-refractivity contribution in [2.24, 2.45) is 0 Å². The lowest BCUT2D eigenvalue weighted by molar-refractivity contribution is 0.284. The number of allylic oxidation sites excluding steroid dienone is 2. The predicted molar refractivity (Wildman–Crippen MR) is 67.1 cm³/mol.